The van der Waals surface area contributed by atoms with E-state index in [1.807, 2.05) is 23.1 Å². The fraction of sp³-hybridized carbons (Fsp3) is 0.333. The minimum absolute atomic E-state index is 0.0163. The van der Waals surface area contributed by atoms with E-state index < -0.39 is 0 Å². The van der Waals surface area contributed by atoms with Gasteiger partial charge in [-0.1, -0.05) is 6.07 Å². The smallest absolute Gasteiger partial charge is 0.252 e. The van der Waals surface area contributed by atoms with Crippen molar-refractivity contribution in [3.63, 3.8) is 0 Å². The lowest BCUT2D eigenvalue weighted by atomic mass is 10.1. The van der Waals surface area contributed by atoms with Gasteiger partial charge in [-0.3, -0.25) is 9.78 Å². The van der Waals surface area contributed by atoms with Gasteiger partial charge in [-0.2, -0.15) is 0 Å². The first-order valence-electron chi connectivity index (χ1n) is 10.9. The van der Waals surface area contributed by atoms with Gasteiger partial charge in [-0.25, -0.2) is 14.4 Å². The summed E-state index contributed by atoms with van der Waals surface area (Å²) in [4.78, 5) is 28.6. The number of pyridine rings is 1. The molecule has 2 saturated heterocycles. The van der Waals surface area contributed by atoms with Crippen LogP contribution in [0.15, 0.2) is 54.9 Å². The topological polar surface area (TPSA) is 80.2 Å². The summed E-state index contributed by atoms with van der Waals surface area (Å²) in [5.41, 5.74) is 2.20. The highest BCUT2D eigenvalue weighted by atomic mass is 19.1. The molecule has 1 aromatic carbocycles. The lowest BCUT2D eigenvalue weighted by molar-refractivity contribution is -0.142. The predicted molar refractivity (Wildman–Crippen MR) is 118 cm³/mol. The summed E-state index contributed by atoms with van der Waals surface area (Å²) < 4.78 is 19.3. The highest BCUT2D eigenvalue weighted by Crippen LogP contribution is 2.34. The molecule has 5 rings (SSSR count). The quantitative estimate of drug-likeness (QED) is 0.648. The van der Waals surface area contributed by atoms with Crippen LogP contribution in [0.4, 0.5) is 15.9 Å². The van der Waals surface area contributed by atoms with Crippen LogP contribution >= 0.6 is 0 Å². The molecule has 0 spiro atoms. The second kappa shape index (κ2) is 9.00. The zero-order chi connectivity index (χ0) is 21.9. The van der Waals surface area contributed by atoms with Gasteiger partial charge in [0.15, 0.2) is 5.82 Å². The largest absolute Gasteiger partial charge is 0.368 e. The van der Waals surface area contributed by atoms with Crippen LogP contribution in [-0.4, -0.2) is 45.0 Å². The molecule has 7 nitrogen and oxygen atoms in total. The second-order valence-corrected chi connectivity index (χ2v) is 8.06. The van der Waals surface area contributed by atoms with Crippen molar-refractivity contribution in [2.45, 2.75) is 37.8 Å². The highest BCUT2D eigenvalue weighted by Gasteiger charge is 2.37. The van der Waals surface area contributed by atoms with Gasteiger partial charge < -0.3 is 15.0 Å². The summed E-state index contributed by atoms with van der Waals surface area (Å²) in [5.74, 6) is 0.802. The zero-order valence-corrected chi connectivity index (χ0v) is 17.6. The van der Waals surface area contributed by atoms with E-state index in [-0.39, 0.29) is 23.9 Å². The Bertz CT molecular complexity index is 1100. The van der Waals surface area contributed by atoms with E-state index in [4.69, 9.17) is 14.7 Å². The SMILES string of the molecule is O=C(C1CCCO1)N1CCCC1c1nc(Nc2cccc(F)c2)cc(-c2ccncc2)n1. The summed E-state index contributed by atoms with van der Waals surface area (Å²) in [6.45, 7) is 1.30. The van der Waals surface area contributed by atoms with Gasteiger partial charge >= 0.3 is 0 Å². The number of carbonyl (C=O) groups excluding carboxylic acids is 1. The first-order valence-corrected chi connectivity index (χ1v) is 10.9. The average molecular weight is 433 g/mol. The van der Waals surface area contributed by atoms with E-state index in [0.717, 1.165) is 31.2 Å². The number of halogens is 1. The third kappa shape index (κ3) is 4.31. The van der Waals surface area contributed by atoms with Crippen molar-refractivity contribution in [1.82, 2.24) is 19.9 Å². The Kier molecular flexibility index (Phi) is 5.77. The molecule has 3 aromatic rings. The van der Waals surface area contributed by atoms with Gasteiger partial charge in [0.1, 0.15) is 17.7 Å². The van der Waals surface area contributed by atoms with Gasteiger partial charge in [0.25, 0.3) is 5.91 Å². The van der Waals surface area contributed by atoms with E-state index >= 15 is 0 Å². The van der Waals surface area contributed by atoms with Gasteiger partial charge in [-0.05, 0) is 56.0 Å². The summed E-state index contributed by atoms with van der Waals surface area (Å²) in [5, 5.41) is 3.18. The normalized spacial score (nSPS) is 20.5. The molecule has 4 heterocycles. The number of rotatable bonds is 5. The minimum Gasteiger partial charge on any atom is -0.368 e. The van der Waals surface area contributed by atoms with E-state index in [2.05, 4.69) is 10.3 Å². The molecule has 1 N–H and O–H groups in total. The second-order valence-electron chi connectivity index (χ2n) is 8.06. The summed E-state index contributed by atoms with van der Waals surface area (Å²) in [7, 11) is 0. The number of amides is 1. The molecule has 2 fully saturated rings. The van der Waals surface area contributed by atoms with Crippen LogP contribution < -0.4 is 5.32 Å². The lowest BCUT2D eigenvalue weighted by Gasteiger charge is -2.26. The number of hydrogen-bond acceptors (Lipinski definition) is 6. The molecule has 0 radical (unpaired) electrons. The molecule has 0 saturated carbocycles. The zero-order valence-electron chi connectivity index (χ0n) is 17.6. The van der Waals surface area contributed by atoms with Gasteiger partial charge in [0.2, 0.25) is 0 Å². The van der Waals surface area contributed by atoms with Crippen LogP contribution in [0.1, 0.15) is 37.5 Å². The van der Waals surface area contributed by atoms with E-state index in [1.165, 1.54) is 12.1 Å². The fourth-order valence-electron chi connectivity index (χ4n) is 4.32. The number of ether oxygens (including phenoxy) is 1. The van der Waals surface area contributed by atoms with Crippen molar-refractivity contribution < 1.29 is 13.9 Å². The van der Waals surface area contributed by atoms with Crippen molar-refractivity contribution in [3.8, 4) is 11.3 Å². The summed E-state index contributed by atoms with van der Waals surface area (Å²) in [6, 6.07) is 11.6. The molecule has 2 aliphatic rings. The summed E-state index contributed by atoms with van der Waals surface area (Å²) in [6.07, 6.45) is 6.39. The van der Waals surface area contributed by atoms with Crippen molar-refractivity contribution in [2.75, 3.05) is 18.5 Å². The molecule has 2 atom stereocenters. The number of anilines is 2. The lowest BCUT2D eigenvalue weighted by Crippen LogP contribution is -2.39. The van der Waals surface area contributed by atoms with Gasteiger partial charge in [0, 0.05) is 42.9 Å². The van der Waals surface area contributed by atoms with E-state index in [1.54, 1.807) is 24.5 Å². The molecule has 0 bridgehead atoms. The molecule has 1 amide bonds. The Morgan fingerprint density at radius 3 is 2.75 bits per heavy atom. The Hall–Kier alpha value is -3.39. The highest BCUT2D eigenvalue weighted by molar-refractivity contribution is 5.82. The number of nitrogens with zero attached hydrogens (tertiary/aromatic N) is 4. The van der Waals surface area contributed by atoms with E-state index in [0.29, 0.717) is 36.2 Å². The van der Waals surface area contributed by atoms with Crippen molar-refractivity contribution in [2.24, 2.45) is 0 Å². The molecular formula is C24H24FN5O2. The van der Waals surface area contributed by atoms with E-state index in [9.17, 15) is 9.18 Å². The number of likely N-dealkylation sites (tertiary alicyclic amines) is 1. The molecule has 2 aliphatic heterocycles. The maximum atomic E-state index is 13.7. The molecule has 2 unspecified atom stereocenters. The molecular weight excluding hydrogens is 409 g/mol. The van der Waals surface area contributed by atoms with Crippen molar-refractivity contribution in [3.05, 3.63) is 66.5 Å². The van der Waals surface area contributed by atoms with Gasteiger partial charge in [0.05, 0.1) is 11.7 Å². The van der Waals surface area contributed by atoms with Crippen molar-refractivity contribution in [1.29, 1.82) is 0 Å². The molecule has 164 valence electrons. The standard InChI is InChI=1S/C24H24FN5O2/c25-17-4-1-5-18(14-17)27-22-15-19(16-8-10-26-11-9-16)28-23(29-22)20-6-2-12-30(20)24(31)21-7-3-13-32-21/h1,4-5,8-11,14-15,20-21H,2-3,6-7,12-13H2,(H,27,28,29). The first kappa shape index (κ1) is 20.5. The maximum Gasteiger partial charge on any atom is 0.252 e. The Morgan fingerprint density at radius 1 is 1.09 bits per heavy atom. The summed E-state index contributed by atoms with van der Waals surface area (Å²) >= 11 is 0. The number of carbonyl (C=O) groups is 1. The molecule has 0 aliphatic carbocycles. The maximum absolute atomic E-state index is 13.7. The number of nitrogens with one attached hydrogen (secondary N) is 1. The predicted octanol–water partition coefficient (Wildman–Crippen LogP) is 4.26. The third-order valence-electron chi connectivity index (χ3n) is 5.86. The average Bonchev–Trinajstić information content (AvgIpc) is 3.52. The van der Waals surface area contributed by atoms with Crippen LogP contribution in [0.2, 0.25) is 0 Å². The van der Waals surface area contributed by atoms with Crippen molar-refractivity contribution >= 4 is 17.4 Å². The Labute approximate surface area is 185 Å². The van der Waals surface area contributed by atoms with Crippen LogP contribution in [0.25, 0.3) is 11.3 Å². The monoisotopic (exact) mass is 433 g/mol. The Morgan fingerprint density at radius 2 is 1.97 bits per heavy atom. The first-order chi connectivity index (χ1) is 15.7. The Balaban J connectivity index is 1.51. The fourth-order valence-corrected chi connectivity index (χ4v) is 4.32. The van der Waals surface area contributed by atoms with Crippen LogP contribution in [0.3, 0.4) is 0 Å². The minimum atomic E-state index is -0.371. The molecule has 8 heteroatoms. The number of benzene rings is 1. The number of aromatic nitrogens is 3. The molecule has 2 aromatic heterocycles. The van der Waals surface area contributed by atoms with Crippen LogP contribution in [0, 0.1) is 5.82 Å². The molecule has 32 heavy (non-hydrogen) atoms. The van der Waals surface area contributed by atoms with Crippen LogP contribution in [-0.2, 0) is 9.53 Å². The van der Waals surface area contributed by atoms with Gasteiger partial charge in [-0.15, -0.1) is 0 Å². The van der Waals surface area contributed by atoms with Crippen LogP contribution in [0.5, 0.6) is 0 Å². The third-order valence-corrected chi connectivity index (χ3v) is 5.86. The number of hydrogen-bond donors (Lipinski definition) is 1.